The topological polar surface area (TPSA) is 160 Å². The number of hydrogen-bond donors (Lipinski definition) is 3. The molecule has 0 saturated carbocycles. The van der Waals surface area contributed by atoms with Crippen molar-refractivity contribution in [2.75, 3.05) is 18.0 Å². The number of carboxylic acid groups (broad SMARTS) is 2. The Balaban J connectivity index is 0.000000718. The molecule has 34 heavy (non-hydrogen) atoms. The van der Waals surface area contributed by atoms with Gasteiger partial charge in [-0.05, 0) is 32.4 Å². The number of nitrogens with two attached hydrogens (primary N) is 1. The fourth-order valence-corrected chi connectivity index (χ4v) is 2.75. The molecule has 1 aromatic heterocycles. The molecule has 0 radical (unpaired) electrons. The molecule has 0 unspecified atom stereocenters. The molecule has 0 aliphatic rings. The van der Waals surface area contributed by atoms with Crippen LogP contribution in [0.25, 0.3) is 11.0 Å². The van der Waals surface area contributed by atoms with E-state index in [9.17, 15) is 27.6 Å². The zero-order valence-electron chi connectivity index (χ0n) is 18.4. The highest BCUT2D eigenvalue weighted by Crippen LogP contribution is 2.24. The lowest BCUT2D eigenvalue weighted by atomic mass is 10.1. The monoisotopic (exact) mass is 490 g/mol. The molecule has 0 aliphatic heterocycles. The van der Waals surface area contributed by atoms with E-state index in [-0.39, 0.29) is 19.4 Å². The first-order chi connectivity index (χ1) is 15.8. The van der Waals surface area contributed by atoms with Crippen LogP contribution in [0.3, 0.4) is 0 Å². The first-order valence-corrected chi connectivity index (χ1v) is 10.1. The van der Waals surface area contributed by atoms with E-state index in [1.165, 1.54) is 6.07 Å². The number of hydrogen-bond acceptors (Lipinski definition) is 8. The van der Waals surface area contributed by atoms with Crippen LogP contribution in [-0.2, 0) is 25.7 Å². The zero-order chi connectivity index (χ0) is 26.1. The molecule has 0 spiro atoms. The van der Waals surface area contributed by atoms with Gasteiger partial charge < -0.3 is 30.0 Å². The standard InChI is InChI=1S/C19H24N2O6.C2HF3O2/c1-3-21(4-2)13-5-6-14-12(9-18(23)27-16(14)10-13)11-26-17(22)8-7-15(20)19(24)25;3-2(4,5)1(6)7/h5-6,9-10,15H,3-4,7-8,11,20H2,1-2H3,(H,24,25);(H,6,7)/t15-;/m0./s1. The Hall–Kier alpha value is -3.61. The van der Waals surface area contributed by atoms with E-state index in [4.69, 9.17) is 29.9 Å². The number of benzene rings is 1. The van der Waals surface area contributed by atoms with Crippen molar-refractivity contribution in [2.24, 2.45) is 5.73 Å². The molecule has 13 heteroatoms. The van der Waals surface area contributed by atoms with Crippen molar-refractivity contribution in [1.82, 2.24) is 0 Å². The molecule has 188 valence electrons. The summed E-state index contributed by atoms with van der Waals surface area (Å²) < 4.78 is 42.2. The molecule has 0 saturated heterocycles. The van der Waals surface area contributed by atoms with Crippen LogP contribution in [0.1, 0.15) is 32.3 Å². The van der Waals surface area contributed by atoms with Crippen molar-refractivity contribution < 1.29 is 46.9 Å². The van der Waals surface area contributed by atoms with Gasteiger partial charge in [0.25, 0.3) is 0 Å². The molecule has 10 nitrogen and oxygen atoms in total. The van der Waals surface area contributed by atoms with E-state index in [2.05, 4.69) is 4.90 Å². The average molecular weight is 490 g/mol. The number of carboxylic acids is 2. The maximum absolute atomic E-state index is 11.9. The summed E-state index contributed by atoms with van der Waals surface area (Å²) in [4.78, 5) is 45.4. The normalized spacial score (nSPS) is 11.8. The van der Waals surface area contributed by atoms with E-state index >= 15 is 0 Å². The molecular weight excluding hydrogens is 465 g/mol. The molecule has 1 heterocycles. The third kappa shape index (κ3) is 8.73. The minimum absolute atomic E-state index is 0.0148. The minimum atomic E-state index is -5.08. The van der Waals surface area contributed by atoms with Crippen molar-refractivity contribution in [1.29, 1.82) is 0 Å². The summed E-state index contributed by atoms with van der Waals surface area (Å²) in [5.74, 6) is -4.50. The van der Waals surface area contributed by atoms with Crippen molar-refractivity contribution in [3.63, 3.8) is 0 Å². The van der Waals surface area contributed by atoms with Crippen LogP contribution >= 0.6 is 0 Å². The lowest BCUT2D eigenvalue weighted by Gasteiger charge is -2.21. The minimum Gasteiger partial charge on any atom is -0.480 e. The van der Waals surface area contributed by atoms with Crippen LogP contribution in [0.2, 0.25) is 0 Å². The summed E-state index contributed by atoms with van der Waals surface area (Å²) in [6.07, 6.45) is -5.21. The van der Waals surface area contributed by atoms with Gasteiger partial charge in [0.15, 0.2) is 0 Å². The van der Waals surface area contributed by atoms with Crippen molar-refractivity contribution >= 4 is 34.6 Å². The predicted molar refractivity (Wildman–Crippen MR) is 114 cm³/mol. The molecule has 4 N–H and O–H groups in total. The highest BCUT2D eigenvalue weighted by molar-refractivity contribution is 5.84. The first kappa shape index (κ1) is 28.4. The Labute approximate surface area is 191 Å². The fraction of sp³-hybridized carbons (Fsp3) is 0.429. The molecular formula is C21H25F3N2O8. The van der Waals surface area contributed by atoms with E-state index in [1.54, 1.807) is 6.07 Å². The third-order valence-electron chi connectivity index (χ3n) is 4.55. The van der Waals surface area contributed by atoms with E-state index < -0.39 is 35.8 Å². The fourth-order valence-electron chi connectivity index (χ4n) is 2.75. The van der Waals surface area contributed by atoms with Crippen molar-refractivity contribution in [3.05, 3.63) is 40.2 Å². The van der Waals surface area contributed by atoms with Gasteiger partial charge in [0.05, 0.1) is 0 Å². The predicted octanol–water partition coefficient (Wildman–Crippen LogP) is 2.51. The van der Waals surface area contributed by atoms with Crippen LogP contribution in [0, 0.1) is 0 Å². The summed E-state index contributed by atoms with van der Waals surface area (Å²) >= 11 is 0. The third-order valence-corrected chi connectivity index (χ3v) is 4.55. The summed E-state index contributed by atoms with van der Waals surface area (Å²) in [5.41, 5.74) is 6.72. The molecule has 2 rings (SSSR count). The number of carbonyl (C=O) groups is 3. The van der Waals surface area contributed by atoms with Crippen LogP contribution in [-0.4, -0.2) is 53.4 Å². The number of nitrogens with zero attached hydrogens (tertiary/aromatic N) is 1. The Kier molecular flexibility index (Phi) is 10.5. The molecule has 0 aliphatic carbocycles. The number of rotatable bonds is 9. The zero-order valence-corrected chi connectivity index (χ0v) is 18.4. The Bertz CT molecular complexity index is 1060. The van der Waals surface area contributed by atoms with Gasteiger partial charge in [-0.3, -0.25) is 9.59 Å². The number of esters is 1. The van der Waals surface area contributed by atoms with Gasteiger partial charge in [-0.2, -0.15) is 13.2 Å². The van der Waals surface area contributed by atoms with Crippen molar-refractivity contribution in [3.8, 4) is 0 Å². The lowest BCUT2D eigenvalue weighted by Crippen LogP contribution is -2.30. The van der Waals surface area contributed by atoms with E-state index in [0.29, 0.717) is 16.5 Å². The van der Waals surface area contributed by atoms with Gasteiger partial charge >= 0.3 is 29.7 Å². The van der Waals surface area contributed by atoms with Gasteiger partial charge in [-0.15, -0.1) is 0 Å². The largest absolute Gasteiger partial charge is 0.490 e. The quantitative estimate of drug-likeness (QED) is 0.352. The van der Waals surface area contributed by atoms with Crippen molar-refractivity contribution in [2.45, 2.75) is 45.5 Å². The summed E-state index contributed by atoms with van der Waals surface area (Å²) in [5, 5.41) is 16.5. The molecule has 1 atom stereocenters. The smallest absolute Gasteiger partial charge is 0.480 e. The Morgan fingerprint density at radius 2 is 1.74 bits per heavy atom. The highest BCUT2D eigenvalue weighted by Gasteiger charge is 2.38. The van der Waals surface area contributed by atoms with Crippen LogP contribution < -0.4 is 16.3 Å². The second-order valence-electron chi connectivity index (χ2n) is 6.89. The number of anilines is 1. The highest BCUT2D eigenvalue weighted by atomic mass is 19.4. The van der Waals surface area contributed by atoms with E-state index in [0.717, 1.165) is 18.8 Å². The number of aliphatic carboxylic acids is 2. The van der Waals surface area contributed by atoms with Gasteiger partial charge in [-0.25, -0.2) is 9.59 Å². The van der Waals surface area contributed by atoms with Crippen LogP contribution in [0.5, 0.6) is 0 Å². The van der Waals surface area contributed by atoms with Crippen LogP contribution in [0.15, 0.2) is 33.5 Å². The summed E-state index contributed by atoms with van der Waals surface area (Å²) in [6, 6.07) is 5.72. The SMILES string of the molecule is CCN(CC)c1ccc2c(COC(=O)CC[C@H](N)C(=O)O)cc(=O)oc2c1.O=C(O)C(F)(F)F. The molecule has 0 fully saturated rings. The number of halogens is 3. The van der Waals surface area contributed by atoms with Gasteiger partial charge in [-0.1, -0.05) is 0 Å². The number of ether oxygens (including phenoxy) is 1. The van der Waals surface area contributed by atoms with E-state index in [1.807, 2.05) is 26.0 Å². The molecule has 1 aromatic carbocycles. The number of alkyl halides is 3. The second-order valence-corrected chi connectivity index (χ2v) is 6.89. The van der Waals surface area contributed by atoms with Gasteiger partial charge in [0.1, 0.15) is 18.2 Å². The average Bonchev–Trinajstić information content (AvgIpc) is 2.75. The second kappa shape index (κ2) is 12.6. The maximum Gasteiger partial charge on any atom is 0.490 e. The van der Waals surface area contributed by atoms with Gasteiger partial charge in [0, 0.05) is 48.3 Å². The summed E-state index contributed by atoms with van der Waals surface area (Å²) in [6.45, 7) is 5.61. The molecule has 0 bridgehead atoms. The molecule has 0 amide bonds. The Morgan fingerprint density at radius 1 is 1.15 bits per heavy atom. The van der Waals surface area contributed by atoms with Gasteiger partial charge in [0.2, 0.25) is 0 Å². The number of fused-ring (bicyclic) bond motifs is 1. The Morgan fingerprint density at radius 3 is 2.24 bits per heavy atom. The molecule has 2 aromatic rings. The maximum atomic E-state index is 11.9. The first-order valence-electron chi connectivity index (χ1n) is 10.1. The summed E-state index contributed by atoms with van der Waals surface area (Å²) in [7, 11) is 0. The number of carbonyl (C=O) groups excluding carboxylic acids is 1. The lowest BCUT2D eigenvalue weighted by molar-refractivity contribution is -0.192. The van der Waals surface area contributed by atoms with Crippen LogP contribution in [0.4, 0.5) is 18.9 Å².